The van der Waals surface area contributed by atoms with Crippen molar-refractivity contribution in [3.8, 4) is 46.0 Å². The SMILES string of the molecule is CCCCCCCCCCCCOc1ccc(COc2ccc(C(=O)NCCN(CCN)CCNC(=O)c3ccc(OCc4ccc(OCCCCCCCCCCCC)cc4)c(OCc4ccc(OCCCCCCCCCCCC)cc4)c3)cc2OCc2ccc(OCCCCCCCCCCCC)cc2)cc1. The number of carbonyl (C=O) groups is 2. The molecule has 0 aliphatic rings. The first-order valence-corrected chi connectivity index (χ1v) is 43.9. The van der Waals surface area contributed by atoms with Gasteiger partial charge in [-0.3, -0.25) is 14.5 Å². The van der Waals surface area contributed by atoms with E-state index in [2.05, 4.69) is 43.2 Å². The quantitative estimate of drug-likeness (QED) is 0.0311. The van der Waals surface area contributed by atoms with Gasteiger partial charge in [0, 0.05) is 50.4 Å². The number of rotatable bonds is 70. The van der Waals surface area contributed by atoms with Crippen LogP contribution in [0.4, 0.5) is 0 Å². The first kappa shape index (κ1) is 91.5. The third kappa shape index (κ3) is 42.3. The smallest absolute Gasteiger partial charge is 0.251 e. The average Bonchev–Trinajstić information content (AvgIpc) is 0.846. The van der Waals surface area contributed by atoms with Gasteiger partial charge in [-0.1, -0.05) is 307 Å². The Bertz CT molecular complexity index is 3020. The number of carbonyl (C=O) groups excluding carboxylic acids is 2. The Kier molecular flexibility index (Phi) is 50.9. The molecule has 6 rings (SSSR count). The molecular weight excluding hydrogens is 1370 g/mol. The normalized spacial score (nSPS) is 11.3. The molecule has 0 aliphatic carbocycles. The molecule has 0 fully saturated rings. The summed E-state index contributed by atoms with van der Waals surface area (Å²) in [6.45, 7) is 15.7. The van der Waals surface area contributed by atoms with Gasteiger partial charge < -0.3 is 54.3 Å². The minimum Gasteiger partial charge on any atom is -0.494 e. The lowest BCUT2D eigenvalue weighted by Gasteiger charge is -2.22. The minimum absolute atomic E-state index is 0.247. The van der Waals surface area contributed by atoms with Crippen LogP contribution in [-0.2, 0) is 26.4 Å². The van der Waals surface area contributed by atoms with Crippen molar-refractivity contribution in [2.75, 3.05) is 65.7 Å². The van der Waals surface area contributed by atoms with Crippen LogP contribution in [-0.4, -0.2) is 82.4 Å². The Balaban J connectivity index is 1.01. The van der Waals surface area contributed by atoms with Crippen molar-refractivity contribution in [1.82, 2.24) is 15.5 Å². The van der Waals surface area contributed by atoms with Crippen molar-refractivity contribution in [3.05, 3.63) is 167 Å². The molecule has 0 aliphatic heterocycles. The van der Waals surface area contributed by atoms with Gasteiger partial charge in [-0.2, -0.15) is 0 Å². The molecule has 0 aromatic heterocycles. The molecule has 0 radical (unpaired) electrons. The molecule has 6 aromatic rings. The zero-order valence-electron chi connectivity index (χ0n) is 69.0. The molecule has 0 spiro atoms. The zero-order valence-corrected chi connectivity index (χ0v) is 69.0. The molecule has 610 valence electrons. The van der Waals surface area contributed by atoms with Crippen LogP contribution in [0.1, 0.15) is 327 Å². The summed E-state index contributed by atoms with van der Waals surface area (Å²) >= 11 is 0. The second-order valence-electron chi connectivity index (χ2n) is 30.3. The van der Waals surface area contributed by atoms with Crippen molar-refractivity contribution in [3.63, 3.8) is 0 Å². The van der Waals surface area contributed by atoms with Crippen molar-refractivity contribution >= 4 is 11.8 Å². The van der Waals surface area contributed by atoms with Gasteiger partial charge in [0.1, 0.15) is 49.4 Å². The molecule has 14 nitrogen and oxygen atoms in total. The van der Waals surface area contributed by atoms with Crippen LogP contribution in [0, 0.1) is 0 Å². The summed E-state index contributed by atoms with van der Waals surface area (Å²) in [5.41, 5.74) is 10.9. The number of nitrogens with one attached hydrogen (secondary N) is 2. The topological polar surface area (TPSA) is 161 Å². The predicted molar refractivity (Wildman–Crippen MR) is 455 cm³/mol. The third-order valence-electron chi connectivity index (χ3n) is 20.6. The molecule has 0 unspecified atom stereocenters. The monoisotopic (exact) mass is 1520 g/mol. The second kappa shape index (κ2) is 61.2. The van der Waals surface area contributed by atoms with Crippen LogP contribution in [0.3, 0.4) is 0 Å². The van der Waals surface area contributed by atoms with E-state index in [9.17, 15) is 9.59 Å². The van der Waals surface area contributed by atoms with Crippen molar-refractivity contribution in [1.29, 1.82) is 0 Å². The van der Waals surface area contributed by atoms with Gasteiger partial charge in [0.2, 0.25) is 0 Å². The summed E-state index contributed by atoms with van der Waals surface area (Å²) in [7, 11) is 0. The Morgan fingerprint density at radius 1 is 0.273 bits per heavy atom. The molecule has 6 aromatic carbocycles. The number of nitrogens with two attached hydrogens (primary N) is 1. The van der Waals surface area contributed by atoms with Crippen LogP contribution in [0.5, 0.6) is 46.0 Å². The van der Waals surface area contributed by atoms with E-state index in [1.54, 1.807) is 24.3 Å². The number of benzene rings is 6. The lowest BCUT2D eigenvalue weighted by Crippen LogP contribution is -2.41. The van der Waals surface area contributed by atoms with Crippen molar-refractivity contribution < 1.29 is 47.5 Å². The number of amides is 2. The number of unbranched alkanes of at least 4 members (excludes halogenated alkanes) is 36. The first-order chi connectivity index (χ1) is 54.3. The number of hydrogen-bond donors (Lipinski definition) is 3. The predicted octanol–water partition coefficient (Wildman–Crippen LogP) is 24.6. The standard InChI is InChI=1S/C96H146N4O10/c1-5-9-13-17-21-25-29-33-37-41-71-103-87-55-45-81(46-56-87)77-107-91-63-53-85(75-93(91)109-79-83-49-59-89(60-50-83)105-73-43-39-35-31-27-23-19-15-11-7-3)95(101)98-66-69-100(68-65-97)70-67-99-96(102)86-54-64-92(108-78-82-47-57-88(58-48-82)104-72-42-38-34-30-26-22-18-14-10-6-2)94(76-86)110-80-84-51-61-90(62-52-84)106-74-44-40-36-32-28-24-20-16-12-8-4/h45-64,75-76H,5-44,65-74,77-80,97H2,1-4H3,(H,98,101)(H,99,102). The van der Waals surface area contributed by atoms with Crippen LogP contribution in [0.2, 0.25) is 0 Å². The van der Waals surface area contributed by atoms with Gasteiger partial charge in [-0.05, 0) is 133 Å². The average molecular weight is 1520 g/mol. The summed E-state index contributed by atoms with van der Waals surface area (Å²) < 4.78 is 50.4. The maximum atomic E-state index is 14.0. The highest BCUT2D eigenvalue weighted by molar-refractivity contribution is 5.95. The number of ether oxygens (including phenoxy) is 8. The summed E-state index contributed by atoms with van der Waals surface area (Å²) in [4.78, 5) is 30.1. The van der Waals surface area contributed by atoms with E-state index in [0.717, 1.165) is 70.9 Å². The largest absolute Gasteiger partial charge is 0.494 e. The lowest BCUT2D eigenvalue weighted by atomic mass is 10.1. The fraction of sp³-hybridized carbons (Fsp3) is 0.604. The highest BCUT2D eigenvalue weighted by atomic mass is 16.5. The maximum Gasteiger partial charge on any atom is 0.251 e. The Morgan fingerprint density at radius 3 is 0.736 bits per heavy atom. The van der Waals surface area contributed by atoms with Crippen LogP contribution >= 0.6 is 0 Å². The van der Waals surface area contributed by atoms with Gasteiger partial charge in [0.25, 0.3) is 11.8 Å². The summed E-state index contributed by atoms with van der Waals surface area (Å²) in [6, 6.07) is 42.9. The lowest BCUT2D eigenvalue weighted by molar-refractivity contribution is 0.0948. The molecular formula is C96H146N4O10. The summed E-state index contributed by atoms with van der Waals surface area (Å²) in [5, 5.41) is 6.23. The fourth-order valence-corrected chi connectivity index (χ4v) is 13.6. The molecule has 0 bridgehead atoms. The van der Waals surface area contributed by atoms with Crippen LogP contribution in [0.25, 0.3) is 0 Å². The molecule has 0 saturated heterocycles. The Labute approximate surface area is 666 Å². The molecule has 110 heavy (non-hydrogen) atoms. The zero-order chi connectivity index (χ0) is 77.6. The van der Waals surface area contributed by atoms with Crippen molar-refractivity contribution in [2.45, 2.75) is 311 Å². The highest BCUT2D eigenvalue weighted by Gasteiger charge is 2.17. The van der Waals surface area contributed by atoms with E-state index in [4.69, 9.17) is 43.6 Å². The third-order valence-corrected chi connectivity index (χ3v) is 20.6. The number of nitrogens with zero attached hydrogens (tertiary/aromatic N) is 1. The van der Waals surface area contributed by atoms with Gasteiger partial charge in [-0.25, -0.2) is 0 Å². The van der Waals surface area contributed by atoms with E-state index < -0.39 is 0 Å². The minimum atomic E-state index is -0.247. The molecule has 0 heterocycles. The van der Waals surface area contributed by atoms with E-state index >= 15 is 0 Å². The van der Waals surface area contributed by atoms with E-state index in [-0.39, 0.29) is 25.0 Å². The summed E-state index contributed by atoms with van der Waals surface area (Å²) in [6.07, 6.45) is 51.5. The van der Waals surface area contributed by atoms with E-state index in [0.29, 0.717) is 113 Å². The summed E-state index contributed by atoms with van der Waals surface area (Å²) in [5.74, 6) is 4.87. The Hall–Kier alpha value is -7.42. The molecule has 14 heteroatoms. The van der Waals surface area contributed by atoms with E-state index in [1.165, 1.54) is 231 Å². The molecule has 0 atom stereocenters. The highest BCUT2D eigenvalue weighted by Crippen LogP contribution is 2.33. The Morgan fingerprint density at radius 2 is 0.500 bits per heavy atom. The fourth-order valence-electron chi connectivity index (χ4n) is 13.6. The molecule has 4 N–H and O–H groups in total. The first-order valence-electron chi connectivity index (χ1n) is 43.9. The van der Waals surface area contributed by atoms with Gasteiger partial charge in [0.15, 0.2) is 23.0 Å². The van der Waals surface area contributed by atoms with Crippen LogP contribution < -0.4 is 54.3 Å². The maximum absolute atomic E-state index is 14.0. The molecule has 2 amide bonds. The van der Waals surface area contributed by atoms with E-state index in [1.807, 2.05) is 109 Å². The number of hydrogen-bond acceptors (Lipinski definition) is 12. The van der Waals surface area contributed by atoms with Crippen molar-refractivity contribution in [2.24, 2.45) is 5.73 Å². The van der Waals surface area contributed by atoms with Gasteiger partial charge in [-0.15, -0.1) is 0 Å². The molecule has 0 saturated carbocycles. The van der Waals surface area contributed by atoms with Gasteiger partial charge in [0.05, 0.1) is 26.4 Å². The second-order valence-corrected chi connectivity index (χ2v) is 30.3. The van der Waals surface area contributed by atoms with Crippen LogP contribution in [0.15, 0.2) is 133 Å². The van der Waals surface area contributed by atoms with Gasteiger partial charge >= 0.3 is 0 Å².